The molecule has 0 aliphatic heterocycles. The first-order chi connectivity index (χ1) is 16.5. The standard InChI is InChI=1S/C27H26N4O3/c1-18-7-5-6-10-24(18)34-27(33)29-17-19-11-13-21(14-12-19)26(32)31-25-22(28)15-16-23(30-25)20-8-3-2-4-9-20/h2-6,8-16,18H,7,17,28H2,1H3,(H,29,33)(H,30,31,32). The first-order valence-electron chi connectivity index (χ1n) is 11.0. The number of carbonyl (C=O) groups excluding carboxylic acids is 2. The molecule has 3 aromatic rings. The molecule has 172 valence electrons. The Bertz CT molecular complexity index is 1230. The number of rotatable bonds is 6. The molecule has 2 amide bonds. The predicted molar refractivity (Wildman–Crippen MR) is 133 cm³/mol. The fourth-order valence-electron chi connectivity index (χ4n) is 3.47. The topological polar surface area (TPSA) is 106 Å². The second-order valence-electron chi connectivity index (χ2n) is 8.03. The lowest BCUT2D eigenvalue weighted by Gasteiger charge is -2.17. The van der Waals surface area contributed by atoms with Gasteiger partial charge in [0.15, 0.2) is 5.82 Å². The lowest BCUT2D eigenvalue weighted by molar-refractivity contribution is 0.102. The lowest BCUT2D eigenvalue weighted by Crippen LogP contribution is -2.25. The van der Waals surface area contributed by atoms with Gasteiger partial charge in [0.05, 0.1) is 11.4 Å². The summed E-state index contributed by atoms with van der Waals surface area (Å²) in [5.74, 6) is 0.803. The van der Waals surface area contributed by atoms with Crippen LogP contribution in [0, 0.1) is 5.92 Å². The summed E-state index contributed by atoms with van der Waals surface area (Å²) in [5.41, 5.74) is 9.34. The molecule has 2 aromatic carbocycles. The number of ether oxygens (including phenoxy) is 1. The number of nitrogens with zero attached hydrogens (tertiary/aromatic N) is 1. The summed E-state index contributed by atoms with van der Waals surface area (Å²) in [6.45, 7) is 2.29. The third kappa shape index (κ3) is 5.69. The number of aromatic nitrogens is 1. The fraction of sp³-hybridized carbons (Fsp3) is 0.148. The molecule has 0 bridgehead atoms. The molecule has 1 atom stereocenters. The Morgan fingerprint density at radius 1 is 1.06 bits per heavy atom. The van der Waals surface area contributed by atoms with Crippen molar-refractivity contribution in [2.75, 3.05) is 11.1 Å². The quantitative estimate of drug-likeness (QED) is 0.469. The molecular formula is C27H26N4O3. The highest BCUT2D eigenvalue weighted by Crippen LogP contribution is 2.24. The van der Waals surface area contributed by atoms with E-state index in [4.69, 9.17) is 10.5 Å². The average Bonchev–Trinajstić information content (AvgIpc) is 2.86. The van der Waals surface area contributed by atoms with Gasteiger partial charge >= 0.3 is 6.09 Å². The van der Waals surface area contributed by atoms with Gasteiger partial charge in [-0.25, -0.2) is 9.78 Å². The molecule has 1 aliphatic carbocycles. The minimum Gasteiger partial charge on any atom is -0.415 e. The highest BCUT2D eigenvalue weighted by molar-refractivity contribution is 6.05. The van der Waals surface area contributed by atoms with Gasteiger partial charge < -0.3 is 21.1 Å². The van der Waals surface area contributed by atoms with Crippen LogP contribution in [0.1, 0.15) is 29.3 Å². The predicted octanol–water partition coefficient (Wildman–Crippen LogP) is 5.29. The minimum atomic E-state index is -0.505. The largest absolute Gasteiger partial charge is 0.415 e. The smallest absolute Gasteiger partial charge is 0.412 e. The molecule has 4 rings (SSSR count). The van der Waals surface area contributed by atoms with Gasteiger partial charge in [0.2, 0.25) is 0 Å². The molecule has 1 unspecified atom stereocenters. The molecule has 7 nitrogen and oxygen atoms in total. The zero-order valence-electron chi connectivity index (χ0n) is 18.8. The zero-order chi connectivity index (χ0) is 23.9. The lowest BCUT2D eigenvalue weighted by atomic mass is 10.0. The summed E-state index contributed by atoms with van der Waals surface area (Å²) in [7, 11) is 0. The first-order valence-corrected chi connectivity index (χ1v) is 11.0. The Labute approximate surface area is 198 Å². The van der Waals surface area contributed by atoms with Gasteiger partial charge in [-0.3, -0.25) is 4.79 Å². The first kappa shape index (κ1) is 22.8. The molecule has 1 heterocycles. The highest BCUT2D eigenvalue weighted by Gasteiger charge is 2.15. The Morgan fingerprint density at radius 2 is 1.82 bits per heavy atom. The molecule has 0 saturated carbocycles. The number of nitrogen functional groups attached to an aromatic ring is 1. The number of alkyl carbamates (subject to hydrolysis) is 1. The monoisotopic (exact) mass is 454 g/mol. The normalized spacial score (nSPS) is 14.7. The van der Waals surface area contributed by atoms with E-state index in [2.05, 4.69) is 15.6 Å². The third-order valence-corrected chi connectivity index (χ3v) is 5.46. The molecule has 34 heavy (non-hydrogen) atoms. The molecule has 0 fully saturated rings. The number of hydrogen-bond donors (Lipinski definition) is 3. The molecule has 1 aromatic heterocycles. The van der Waals surface area contributed by atoms with Crippen molar-refractivity contribution in [3.63, 3.8) is 0 Å². The van der Waals surface area contributed by atoms with Gasteiger partial charge in [-0.15, -0.1) is 0 Å². The Morgan fingerprint density at radius 3 is 2.56 bits per heavy atom. The van der Waals surface area contributed by atoms with Crippen molar-refractivity contribution < 1.29 is 14.3 Å². The maximum Gasteiger partial charge on any atom is 0.412 e. The summed E-state index contributed by atoms with van der Waals surface area (Å²) in [4.78, 5) is 29.3. The number of benzene rings is 2. The zero-order valence-corrected chi connectivity index (χ0v) is 18.8. The molecule has 4 N–H and O–H groups in total. The van der Waals surface area contributed by atoms with Crippen molar-refractivity contribution in [1.29, 1.82) is 0 Å². The van der Waals surface area contributed by atoms with E-state index in [9.17, 15) is 9.59 Å². The number of nitrogens with two attached hydrogens (primary N) is 1. The van der Waals surface area contributed by atoms with E-state index in [0.717, 1.165) is 17.5 Å². The minimum absolute atomic E-state index is 0.172. The molecular weight excluding hydrogens is 428 g/mol. The van der Waals surface area contributed by atoms with Crippen LogP contribution < -0.4 is 16.4 Å². The Kier molecular flexibility index (Phi) is 7.03. The van der Waals surface area contributed by atoms with Gasteiger partial charge in [-0.05, 0) is 42.3 Å². The van der Waals surface area contributed by atoms with Crippen LogP contribution in [0.5, 0.6) is 0 Å². The third-order valence-electron chi connectivity index (χ3n) is 5.46. The van der Waals surface area contributed by atoms with Crippen LogP contribution in [0.4, 0.5) is 16.3 Å². The van der Waals surface area contributed by atoms with Gasteiger partial charge in [0, 0.05) is 23.6 Å². The van der Waals surface area contributed by atoms with E-state index >= 15 is 0 Å². The summed E-state index contributed by atoms with van der Waals surface area (Å²) in [6, 6.07) is 20.1. The van der Waals surface area contributed by atoms with E-state index in [1.807, 2.05) is 55.5 Å². The van der Waals surface area contributed by atoms with E-state index in [1.54, 1.807) is 36.4 Å². The number of pyridine rings is 1. The van der Waals surface area contributed by atoms with E-state index < -0.39 is 6.09 Å². The fourth-order valence-corrected chi connectivity index (χ4v) is 3.47. The number of nitrogens with one attached hydrogen (secondary N) is 2. The van der Waals surface area contributed by atoms with Crippen LogP contribution in [0.3, 0.4) is 0 Å². The van der Waals surface area contributed by atoms with Gasteiger partial charge in [-0.1, -0.05) is 61.5 Å². The van der Waals surface area contributed by atoms with Crippen LogP contribution in [0.25, 0.3) is 11.3 Å². The van der Waals surface area contributed by atoms with Crippen molar-refractivity contribution in [2.45, 2.75) is 19.9 Å². The van der Waals surface area contributed by atoms with Crippen LogP contribution >= 0.6 is 0 Å². The summed E-state index contributed by atoms with van der Waals surface area (Å²) in [5, 5.41) is 5.51. The van der Waals surface area contributed by atoms with Gasteiger partial charge in [0.25, 0.3) is 5.91 Å². The molecule has 1 aliphatic rings. The average molecular weight is 455 g/mol. The van der Waals surface area contributed by atoms with Crippen molar-refractivity contribution in [1.82, 2.24) is 10.3 Å². The molecule has 0 spiro atoms. The van der Waals surface area contributed by atoms with Crippen LogP contribution in [0.15, 0.2) is 90.7 Å². The number of amides is 2. The molecule has 0 saturated heterocycles. The van der Waals surface area contributed by atoms with E-state index in [-0.39, 0.29) is 18.4 Å². The van der Waals surface area contributed by atoms with Crippen molar-refractivity contribution >= 4 is 23.5 Å². The summed E-state index contributed by atoms with van der Waals surface area (Å²) < 4.78 is 5.38. The Hall–Kier alpha value is -4.39. The van der Waals surface area contributed by atoms with Crippen LogP contribution in [-0.4, -0.2) is 17.0 Å². The van der Waals surface area contributed by atoms with Crippen molar-refractivity contribution in [2.24, 2.45) is 5.92 Å². The van der Waals surface area contributed by atoms with Gasteiger partial charge in [-0.2, -0.15) is 0 Å². The number of carbonyl (C=O) groups is 2. The number of allylic oxidation sites excluding steroid dienone is 4. The maximum absolute atomic E-state index is 12.7. The Balaban J connectivity index is 1.35. The second-order valence-corrected chi connectivity index (χ2v) is 8.03. The van der Waals surface area contributed by atoms with Crippen molar-refractivity contribution in [3.05, 3.63) is 102 Å². The molecule has 7 heteroatoms. The summed E-state index contributed by atoms with van der Waals surface area (Å²) in [6.07, 6.45) is 6.07. The van der Waals surface area contributed by atoms with E-state index in [1.165, 1.54) is 0 Å². The van der Waals surface area contributed by atoms with Gasteiger partial charge in [0.1, 0.15) is 5.76 Å². The maximum atomic E-state index is 12.7. The number of anilines is 2. The second kappa shape index (κ2) is 10.5. The highest BCUT2D eigenvalue weighted by atomic mass is 16.6. The van der Waals surface area contributed by atoms with Crippen LogP contribution in [0.2, 0.25) is 0 Å². The molecule has 0 radical (unpaired) electrons. The SMILES string of the molecule is CC1CC=CC=C1OC(=O)NCc1ccc(C(=O)Nc2nc(-c3ccccc3)ccc2N)cc1. The number of hydrogen-bond acceptors (Lipinski definition) is 5. The van der Waals surface area contributed by atoms with Crippen LogP contribution in [-0.2, 0) is 11.3 Å². The van der Waals surface area contributed by atoms with Crippen molar-refractivity contribution in [3.8, 4) is 11.3 Å². The van der Waals surface area contributed by atoms with E-state index in [0.29, 0.717) is 28.5 Å². The summed E-state index contributed by atoms with van der Waals surface area (Å²) >= 11 is 0.